The largest absolute Gasteiger partial charge is 0.317 e. The van der Waals surface area contributed by atoms with Crippen molar-refractivity contribution in [1.82, 2.24) is 5.32 Å². The summed E-state index contributed by atoms with van der Waals surface area (Å²) < 4.78 is 0. The highest BCUT2D eigenvalue weighted by Crippen LogP contribution is 2.61. The normalized spacial score (nSPS) is 49.6. The van der Waals surface area contributed by atoms with Gasteiger partial charge in [0.25, 0.3) is 0 Å². The quantitative estimate of drug-likeness (QED) is 0.749. The Balaban J connectivity index is 1.75. The Labute approximate surface area is 94.0 Å². The SMILES string of the molecule is CN[C@H](C)CC12CC3CC(CC(C3)C1)C2. The number of nitrogens with one attached hydrogen (secondary N) is 1. The van der Waals surface area contributed by atoms with E-state index in [9.17, 15) is 0 Å². The lowest BCUT2D eigenvalue weighted by molar-refractivity contribution is -0.0608. The van der Waals surface area contributed by atoms with Gasteiger partial charge in [-0.1, -0.05) is 0 Å². The van der Waals surface area contributed by atoms with Crippen LogP contribution < -0.4 is 5.32 Å². The van der Waals surface area contributed by atoms with Crippen molar-refractivity contribution in [2.75, 3.05) is 7.05 Å². The van der Waals surface area contributed by atoms with E-state index in [1.807, 2.05) is 0 Å². The maximum Gasteiger partial charge on any atom is 0.00410 e. The van der Waals surface area contributed by atoms with Crippen LogP contribution in [0.25, 0.3) is 0 Å². The minimum absolute atomic E-state index is 0.723. The van der Waals surface area contributed by atoms with Gasteiger partial charge in [0.2, 0.25) is 0 Å². The van der Waals surface area contributed by atoms with Crippen LogP contribution in [-0.4, -0.2) is 13.1 Å². The molecule has 15 heavy (non-hydrogen) atoms. The third-order valence-electron chi connectivity index (χ3n) is 5.40. The molecule has 1 atom stereocenters. The van der Waals surface area contributed by atoms with E-state index in [0.29, 0.717) is 0 Å². The van der Waals surface area contributed by atoms with Gasteiger partial charge < -0.3 is 5.32 Å². The Morgan fingerprint density at radius 3 is 1.93 bits per heavy atom. The lowest BCUT2D eigenvalue weighted by atomic mass is 9.48. The van der Waals surface area contributed by atoms with Crippen LogP contribution in [-0.2, 0) is 0 Å². The third kappa shape index (κ3) is 1.73. The molecular weight excluding hydrogens is 182 g/mol. The molecule has 0 aromatic rings. The van der Waals surface area contributed by atoms with Gasteiger partial charge in [-0.3, -0.25) is 0 Å². The summed E-state index contributed by atoms with van der Waals surface area (Å²) in [5, 5.41) is 3.44. The van der Waals surface area contributed by atoms with Crippen LogP contribution >= 0.6 is 0 Å². The van der Waals surface area contributed by atoms with Crippen LogP contribution in [0.4, 0.5) is 0 Å². The molecule has 4 bridgehead atoms. The molecule has 0 aliphatic heterocycles. The summed E-state index contributed by atoms with van der Waals surface area (Å²) in [7, 11) is 2.12. The fourth-order valence-electron chi connectivity index (χ4n) is 5.29. The molecule has 1 nitrogen and oxygen atoms in total. The summed E-state index contributed by atoms with van der Waals surface area (Å²) in [6.07, 6.45) is 10.8. The van der Waals surface area contributed by atoms with E-state index in [-0.39, 0.29) is 0 Å². The molecule has 0 heterocycles. The van der Waals surface area contributed by atoms with E-state index in [4.69, 9.17) is 0 Å². The number of rotatable bonds is 3. The Bertz CT molecular complexity index is 210. The second kappa shape index (κ2) is 3.48. The van der Waals surface area contributed by atoms with Gasteiger partial charge in [0.05, 0.1) is 0 Å². The molecule has 4 aliphatic carbocycles. The first-order chi connectivity index (χ1) is 7.19. The van der Waals surface area contributed by atoms with Crippen LogP contribution in [0.1, 0.15) is 51.9 Å². The van der Waals surface area contributed by atoms with Crippen LogP contribution in [0.2, 0.25) is 0 Å². The highest BCUT2D eigenvalue weighted by Gasteiger charge is 2.50. The second-order valence-corrected chi connectivity index (χ2v) is 6.81. The minimum atomic E-state index is 0.723. The Hall–Kier alpha value is -0.0400. The molecule has 0 unspecified atom stereocenters. The second-order valence-electron chi connectivity index (χ2n) is 6.81. The highest BCUT2D eigenvalue weighted by molar-refractivity contribution is 5.02. The minimum Gasteiger partial charge on any atom is -0.317 e. The monoisotopic (exact) mass is 207 g/mol. The van der Waals surface area contributed by atoms with E-state index >= 15 is 0 Å². The van der Waals surface area contributed by atoms with Gasteiger partial charge in [0, 0.05) is 6.04 Å². The molecule has 1 heteroatoms. The molecule has 1 N–H and O–H groups in total. The molecule has 86 valence electrons. The molecule has 4 rings (SSSR count). The molecule has 0 amide bonds. The van der Waals surface area contributed by atoms with Crippen LogP contribution in [0, 0.1) is 23.2 Å². The lowest BCUT2D eigenvalue weighted by Crippen LogP contribution is -2.48. The van der Waals surface area contributed by atoms with E-state index in [2.05, 4.69) is 19.3 Å². The van der Waals surface area contributed by atoms with Crippen molar-refractivity contribution in [3.8, 4) is 0 Å². The average Bonchev–Trinajstić information content (AvgIpc) is 2.14. The molecule has 0 spiro atoms. The molecule has 0 aromatic heterocycles. The number of hydrogen-bond acceptors (Lipinski definition) is 1. The van der Waals surface area contributed by atoms with Gasteiger partial charge in [0.1, 0.15) is 0 Å². The summed E-state index contributed by atoms with van der Waals surface area (Å²) in [6, 6.07) is 0.723. The van der Waals surface area contributed by atoms with Gasteiger partial charge in [0.15, 0.2) is 0 Å². The van der Waals surface area contributed by atoms with Gasteiger partial charge in [-0.15, -0.1) is 0 Å². The maximum atomic E-state index is 3.44. The number of hydrogen-bond donors (Lipinski definition) is 1. The summed E-state index contributed by atoms with van der Waals surface area (Å²) in [4.78, 5) is 0. The fourth-order valence-corrected chi connectivity index (χ4v) is 5.29. The zero-order valence-corrected chi connectivity index (χ0v) is 10.3. The summed E-state index contributed by atoms with van der Waals surface area (Å²) in [6.45, 7) is 2.36. The van der Waals surface area contributed by atoms with Crippen LogP contribution in [0.3, 0.4) is 0 Å². The summed E-state index contributed by atoms with van der Waals surface area (Å²) >= 11 is 0. The van der Waals surface area contributed by atoms with Crippen molar-refractivity contribution < 1.29 is 0 Å². The maximum absolute atomic E-state index is 3.44. The molecule has 0 aromatic carbocycles. The van der Waals surface area contributed by atoms with Crippen molar-refractivity contribution in [3.05, 3.63) is 0 Å². The molecule has 4 fully saturated rings. The average molecular weight is 207 g/mol. The summed E-state index contributed by atoms with van der Waals surface area (Å²) in [5.41, 5.74) is 0.761. The van der Waals surface area contributed by atoms with Gasteiger partial charge >= 0.3 is 0 Å². The third-order valence-corrected chi connectivity index (χ3v) is 5.40. The van der Waals surface area contributed by atoms with Gasteiger partial charge in [-0.25, -0.2) is 0 Å². The standard InChI is InChI=1S/C14H25N/c1-10(15-2)6-14-7-11-3-12(8-14)5-13(4-11)9-14/h10-13,15H,3-9H2,1-2H3/t10-,11?,12?,13?,14?/m1/s1. The molecule has 0 radical (unpaired) electrons. The molecule has 0 saturated heterocycles. The lowest BCUT2D eigenvalue weighted by Gasteiger charge is -2.57. The predicted molar refractivity (Wildman–Crippen MR) is 63.7 cm³/mol. The van der Waals surface area contributed by atoms with E-state index < -0.39 is 0 Å². The zero-order chi connectivity index (χ0) is 10.5. The van der Waals surface area contributed by atoms with Crippen LogP contribution in [0.5, 0.6) is 0 Å². The van der Waals surface area contributed by atoms with Gasteiger partial charge in [-0.05, 0) is 82.1 Å². The van der Waals surface area contributed by atoms with Crippen molar-refractivity contribution in [2.24, 2.45) is 23.2 Å². The van der Waals surface area contributed by atoms with Gasteiger partial charge in [-0.2, -0.15) is 0 Å². The van der Waals surface area contributed by atoms with E-state index in [1.165, 1.54) is 6.42 Å². The first-order valence-electron chi connectivity index (χ1n) is 6.86. The van der Waals surface area contributed by atoms with Crippen LogP contribution in [0.15, 0.2) is 0 Å². The Morgan fingerprint density at radius 2 is 1.53 bits per heavy atom. The Kier molecular flexibility index (Phi) is 2.35. The smallest absolute Gasteiger partial charge is 0.00410 e. The zero-order valence-electron chi connectivity index (χ0n) is 10.3. The van der Waals surface area contributed by atoms with Crippen molar-refractivity contribution in [2.45, 2.75) is 57.9 Å². The van der Waals surface area contributed by atoms with Crippen molar-refractivity contribution in [3.63, 3.8) is 0 Å². The predicted octanol–water partition coefficient (Wildman–Crippen LogP) is 3.20. The Morgan fingerprint density at radius 1 is 1.07 bits per heavy atom. The fraction of sp³-hybridized carbons (Fsp3) is 1.00. The van der Waals surface area contributed by atoms with E-state index in [0.717, 1.165) is 29.2 Å². The molecular formula is C14H25N. The summed E-state index contributed by atoms with van der Waals surface area (Å²) in [5.74, 6) is 3.33. The molecule has 4 saturated carbocycles. The first-order valence-corrected chi connectivity index (χ1v) is 6.86. The first kappa shape index (κ1) is 10.1. The highest BCUT2D eigenvalue weighted by atomic mass is 14.9. The van der Waals surface area contributed by atoms with E-state index in [1.54, 1.807) is 38.5 Å². The molecule has 4 aliphatic rings. The van der Waals surface area contributed by atoms with Crippen molar-refractivity contribution in [1.29, 1.82) is 0 Å². The van der Waals surface area contributed by atoms with Crippen molar-refractivity contribution >= 4 is 0 Å². The topological polar surface area (TPSA) is 12.0 Å².